The molecule has 0 aromatic rings. The quantitative estimate of drug-likeness (QED) is 0.278. The van der Waals surface area contributed by atoms with Gasteiger partial charge in [0.05, 0.1) is 5.75 Å². The van der Waals surface area contributed by atoms with Crippen molar-refractivity contribution in [2.75, 3.05) is 52.1 Å². The van der Waals surface area contributed by atoms with E-state index in [0.717, 1.165) is 25.4 Å². The van der Waals surface area contributed by atoms with Crippen molar-refractivity contribution in [3.8, 4) is 0 Å². The van der Waals surface area contributed by atoms with E-state index in [1.165, 1.54) is 36.5 Å². The predicted octanol–water partition coefficient (Wildman–Crippen LogP) is 1.71. The van der Waals surface area contributed by atoms with Crippen LogP contribution in [0.15, 0.2) is 4.99 Å². The van der Waals surface area contributed by atoms with Crippen LogP contribution < -0.4 is 10.6 Å². The van der Waals surface area contributed by atoms with Crippen LogP contribution in [0.4, 0.5) is 0 Å². The number of nitrogens with zero attached hydrogens (tertiary/aromatic N) is 3. The molecule has 0 radical (unpaired) electrons. The Morgan fingerprint density at radius 1 is 1.19 bits per heavy atom. The molecule has 1 atom stereocenters. The molecule has 2 fully saturated rings. The summed E-state index contributed by atoms with van der Waals surface area (Å²) >= 11 is 0. The Hall–Kier alpha value is -0.130. The summed E-state index contributed by atoms with van der Waals surface area (Å²) in [6.07, 6.45) is 6.68. The van der Waals surface area contributed by atoms with E-state index < -0.39 is 10.0 Å². The highest BCUT2D eigenvalue weighted by Gasteiger charge is 2.26. The SMILES string of the molecule is CCN(CC)S(=O)(=O)CCNC(=NC)NC1CCN(CC2CCCC2)C1.I. The van der Waals surface area contributed by atoms with Crippen LogP contribution in [-0.2, 0) is 10.0 Å². The molecule has 1 heterocycles. The standard InChI is InChI=1S/C18H37N5O2S.HI/c1-4-23(5-2)26(24,25)13-11-20-18(19-3)21-17-10-12-22(15-17)14-16-8-6-7-9-16;/h16-17H,4-15H2,1-3H3,(H2,19,20,21);1H. The van der Waals surface area contributed by atoms with Gasteiger partial charge in [-0.1, -0.05) is 26.7 Å². The van der Waals surface area contributed by atoms with Crippen LogP contribution in [0.1, 0.15) is 46.0 Å². The molecule has 0 bridgehead atoms. The van der Waals surface area contributed by atoms with Gasteiger partial charge in [-0.05, 0) is 25.2 Å². The van der Waals surface area contributed by atoms with Crippen LogP contribution in [0, 0.1) is 5.92 Å². The van der Waals surface area contributed by atoms with Gasteiger partial charge in [0.2, 0.25) is 10.0 Å². The Morgan fingerprint density at radius 3 is 2.44 bits per heavy atom. The smallest absolute Gasteiger partial charge is 0.215 e. The van der Waals surface area contributed by atoms with Crippen LogP contribution in [0.5, 0.6) is 0 Å². The molecule has 9 heteroatoms. The molecule has 1 aliphatic carbocycles. The second-order valence-electron chi connectivity index (χ2n) is 7.44. The lowest BCUT2D eigenvalue weighted by Gasteiger charge is -2.22. The molecule has 1 saturated heterocycles. The van der Waals surface area contributed by atoms with Crippen LogP contribution >= 0.6 is 24.0 Å². The van der Waals surface area contributed by atoms with E-state index in [1.807, 2.05) is 13.8 Å². The molecular weight excluding hydrogens is 477 g/mol. The van der Waals surface area contributed by atoms with Gasteiger partial charge in [0.15, 0.2) is 5.96 Å². The van der Waals surface area contributed by atoms with Crippen LogP contribution in [-0.4, -0.2) is 81.7 Å². The average molecular weight is 516 g/mol. The van der Waals surface area contributed by atoms with Crippen molar-refractivity contribution >= 4 is 40.0 Å². The first-order valence-corrected chi connectivity index (χ1v) is 11.8. The van der Waals surface area contributed by atoms with E-state index >= 15 is 0 Å². The summed E-state index contributed by atoms with van der Waals surface area (Å²) in [6.45, 7) is 8.56. The lowest BCUT2D eigenvalue weighted by atomic mass is 10.1. The zero-order chi connectivity index (χ0) is 19.0. The first-order chi connectivity index (χ1) is 12.5. The van der Waals surface area contributed by atoms with Crippen molar-refractivity contribution in [3.05, 3.63) is 0 Å². The number of hydrogen-bond acceptors (Lipinski definition) is 4. The molecule has 0 spiro atoms. The highest BCUT2D eigenvalue weighted by Crippen LogP contribution is 2.26. The summed E-state index contributed by atoms with van der Waals surface area (Å²) in [5.74, 6) is 1.68. The maximum atomic E-state index is 12.2. The van der Waals surface area contributed by atoms with Crippen molar-refractivity contribution in [1.29, 1.82) is 0 Å². The summed E-state index contributed by atoms with van der Waals surface area (Å²) in [6, 6.07) is 0.391. The maximum absolute atomic E-state index is 12.2. The highest BCUT2D eigenvalue weighted by atomic mass is 127. The molecule has 1 saturated carbocycles. The Bertz CT molecular complexity index is 548. The van der Waals surface area contributed by atoms with Gasteiger partial charge in [0.25, 0.3) is 0 Å². The summed E-state index contributed by atoms with van der Waals surface area (Å²) < 4.78 is 26.0. The van der Waals surface area contributed by atoms with Gasteiger partial charge in [-0.25, -0.2) is 12.7 Å². The number of nitrogens with one attached hydrogen (secondary N) is 2. The Morgan fingerprint density at radius 2 is 1.85 bits per heavy atom. The van der Waals surface area contributed by atoms with Gasteiger partial charge >= 0.3 is 0 Å². The predicted molar refractivity (Wildman–Crippen MR) is 123 cm³/mol. The number of sulfonamides is 1. The fourth-order valence-corrected chi connectivity index (χ4v) is 5.51. The van der Waals surface area contributed by atoms with Crippen molar-refractivity contribution in [3.63, 3.8) is 0 Å². The lowest BCUT2D eigenvalue weighted by Crippen LogP contribution is -2.46. The summed E-state index contributed by atoms with van der Waals surface area (Å²) in [5.41, 5.74) is 0. The molecule has 2 N–H and O–H groups in total. The van der Waals surface area contributed by atoms with Crippen molar-refractivity contribution < 1.29 is 8.42 Å². The number of guanidine groups is 1. The third kappa shape index (κ3) is 8.02. The molecule has 160 valence electrons. The minimum atomic E-state index is -3.20. The fourth-order valence-electron chi connectivity index (χ4n) is 4.11. The first-order valence-electron chi connectivity index (χ1n) is 10.2. The molecule has 0 aromatic heterocycles. The maximum Gasteiger partial charge on any atom is 0.215 e. The van der Waals surface area contributed by atoms with E-state index in [0.29, 0.717) is 31.6 Å². The van der Waals surface area contributed by atoms with Crippen LogP contribution in [0.25, 0.3) is 0 Å². The van der Waals surface area contributed by atoms with E-state index in [1.54, 1.807) is 7.05 Å². The molecule has 1 unspecified atom stereocenters. The van der Waals surface area contributed by atoms with Gasteiger partial charge in [0, 0.05) is 52.4 Å². The van der Waals surface area contributed by atoms with Gasteiger partial charge in [-0.2, -0.15) is 0 Å². The molecule has 27 heavy (non-hydrogen) atoms. The van der Waals surface area contributed by atoms with E-state index in [9.17, 15) is 8.42 Å². The van der Waals surface area contributed by atoms with Crippen molar-refractivity contribution in [2.24, 2.45) is 10.9 Å². The van der Waals surface area contributed by atoms with E-state index in [-0.39, 0.29) is 29.7 Å². The van der Waals surface area contributed by atoms with Crippen molar-refractivity contribution in [2.45, 2.75) is 52.0 Å². The largest absolute Gasteiger partial charge is 0.355 e. The van der Waals surface area contributed by atoms with E-state index in [2.05, 4.69) is 20.5 Å². The Kier molecular flexibility index (Phi) is 11.5. The molecule has 2 rings (SSSR count). The molecule has 0 amide bonds. The number of aliphatic imine (C=N–C) groups is 1. The van der Waals surface area contributed by atoms with Crippen molar-refractivity contribution in [1.82, 2.24) is 19.8 Å². The molecular formula is C18H38IN5O2S. The third-order valence-electron chi connectivity index (χ3n) is 5.58. The molecule has 1 aliphatic heterocycles. The van der Waals surface area contributed by atoms with Crippen LogP contribution in [0.2, 0.25) is 0 Å². The number of likely N-dealkylation sites (tertiary alicyclic amines) is 1. The number of halogens is 1. The lowest BCUT2D eigenvalue weighted by molar-refractivity contribution is 0.275. The summed E-state index contributed by atoms with van der Waals surface area (Å²) in [7, 11) is -1.46. The highest BCUT2D eigenvalue weighted by molar-refractivity contribution is 14.0. The number of rotatable bonds is 9. The summed E-state index contributed by atoms with van der Waals surface area (Å²) in [4.78, 5) is 6.81. The normalized spacial score (nSPS) is 22.2. The second-order valence-corrected chi connectivity index (χ2v) is 9.53. The zero-order valence-electron chi connectivity index (χ0n) is 17.1. The fraction of sp³-hybridized carbons (Fsp3) is 0.944. The van der Waals surface area contributed by atoms with Crippen LogP contribution in [0.3, 0.4) is 0 Å². The number of hydrogen-bond donors (Lipinski definition) is 2. The minimum absolute atomic E-state index is 0. The third-order valence-corrected chi connectivity index (χ3v) is 7.60. The average Bonchev–Trinajstić information content (AvgIpc) is 3.27. The molecule has 2 aliphatic rings. The second kappa shape index (κ2) is 12.4. The van der Waals surface area contributed by atoms with Gasteiger partial charge in [0.1, 0.15) is 0 Å². The Balaban J connectivity index is 0.00000364. The monoisotopic (exact) mass is 515 g/mol. The van der Waals surface area contributed by atoms with Gasteiger partial charge < -0.3 is 15.5 Å². The minimum Gasteiger partial charge on any atom is -0.355 e. The van der Waals surface area contributed by atoms with Gasteiger partial charge in [-0.3, -0.25) is 4.99 Å². The molecule has 7 nitrogen and oxygen atoms in total. The summed E-state index contributed by atoms with van der Waals surface area (Å²) in [5, 5.41) is 6.61. The zero-order valence-corrected chi connectivity index (χ0v) is 20.3. The van der Waals surface area contributed by atoms with Gasteiger partial charge in [-0.15, -0.1) is 24.0 Å². The Labute approximate surface area is 182 Å². The van der Waals surface area contributed by atoms with E-state index in [4.69, 9.17) is 0 Å². The molecule has 0 aromatic carbocycles. The topological polar surface area (TPSA) is 77.0 Å². The first kappa shape index (κ1) is 24.9.